The van der Waals surface area contributed by atoms with Crippen LogP contribution in [0.4, 0.5) is 5.82 Å². The van der Waals surface area contributed by atoms with Crippen LogP contribution in [0.2, 0.25) is 5.02 Å². The van der Waals surface area contributed by atoms with Crippen molar-refractivity contribution in [3.8, 4) is 0 Å². The Bertz CT molecular complexity index is 1240. The van der Waals surface area contributed by atoms with Gasteiger partial charge in [0.05, 0.1) is 57.6 Å². The van der Waals surface area contributed by atoms with Gasteiger partial charge in [0, 0.05) is 19.7 Å². The number of imidazole rings is 1. The van der Waals surface area contributed by atoms with E-state index in [2.05, 4.69) is 10.1 Å². The van der Waals surface area contributed by atoms with Gasteiger partial charge < -0.3 is 19.4 Å². The zero-order valence-corrected chi connectivity index (χ0v) is 19.5. The number of sulfone groups is 1. The second kappa shape index (κ2) is 9.31. The fraction of sp³-hybridized carbons (Fsp3) is 0.350. The molecule has 0 radical (unpaired) electrons. The van der Waals surface area contributed by atoms with Crippen LogP contribution < -0.4 is 28.9 Å². The van der Waals surface area contributed by atoms with E-state index in [0.29, 0.717) is 18.1 Å². The molecule has 1 fully saturated rings. The molecule has 9 nitrogen and oxygen atoms in total. The summed E-state index contributed by atoms with van der Waals surface area (Å²) in [6.45, 7) is 2.14. The molecule has 1 aromatic carbocycles. The van der Waals surface area contributed by atoms with Crippen LogP contribution in [0.5, 0.6) is 0 Å². The monoisotopic (exact) mass is 469 g/mol. The van der Waals surface area contributed by atoms with Gasteiger partial charge >= 0.3 is 18.9 Å². The van der Waals surface area contributed by atoms with E-state index < -0.39 is 27.1 Å². The van der Waals surface area contributed by atoms with E-state index in [1.54, 1.807) is 47.2 Å². The molecule has 3 heterocycles. The molecule has 12 heteroatoms. The minimum Gasteiger partial charge on any atom is -0.548 e. The topological polar surface area (TPSA) is 113 Å². The van der Waals surface area contributed by atoms with Gasteiger partial charge in [0.1, 0.15) is 5.82 Å². The first-order chi connectivity index (χ1) is 14.7. The smallest absolute Gasteiger partial charge is 0.548 e. The standard InChI is InChI=1S/C20H22ClN5O4S.Li/c1-13-7-19(26(23-13)10-14-9-22-12-24(14)2)25-11-15(8-17(25)20(27)28)31(29,30)18-6-4-3-5-16(18)21;/h3-7,9,12,15,17H,8,10-11H2,1-2H3,(H,27,28);/q;+1/p-1/t15-,17+;/m1./s1. The van der Waals surface area contributed by atoms with Crippen molar-refractivity contribution in [2.24, 2.45) is 7.05 Å². The fourth-order valence-electron chi connectivity index (χ4n) is 3.92. The normalized spacial score (nSPS) is 18.5. The van der Waals surface area contributed by atoms with Crippen LogP contribution in [0.3, 0.4) is 0 Å². The number of halogens is 1. The molecule has 3 aromatic rings. The maximum absolute atomic E-state index is 13.2. The van der Waals surface area contributed by atoms with Crippen molar-refractivity contribution >= 4 is 33.2 Å². The summed E-state index contributed by atoms with van der Waals surface area (Å²) < 4.78 is 30.0. The molecule has 2 atom stereocenters. The van der Waals surface area contributed by atoms with E-state index in [-0.39, 0.29) is 41.7 Å². The summed E-state index contributed by atoms with van der Waals surface area (Å²) >= 11 is 6.12. The summed E-state index contributed by atoms with van der Waals surface area (Å²) in [6, 6.07) is 6.81. The van der Waals surface area contributed by atoms with Crippen molar-refractivity contribution < 1.29 is 37.2 Å². The van der Waals surface area contributed by atoms with Gasteiger partial charge in [-0.05, 0) is 25.5 Å². The van der Waals surface area contributed by atoms with E-state index >= 15 is 0 Å². The number of hydrogen-bond donors (Lipinski definition) is 0. The second-order valence-corrected chi connectivity index (χ2v) is 10.2. The number of nitrogens with zero attached hydrogens (tertiary/aromatic N) is 5. The SMILES string of the molecule is Cc1cc(N2C[C@H](S(=O)(=O)c3ccccc3Cl)C[C@H]2C(=O)[O-])n(Cc2cncn2C)n1.[Li+]. The second-order valence-electron chi connectivity index (χ2n) is 7.62. The summed E-state index contributed by atoms with van der Waals surface area (Å²) in [5.74, 6) is -0.812. The third-order valence-electron chi connectivity index (χ3n) is 5.52. The number of aryl methyl sites for hydroxylation is 2. The molecule has 0 unspecified atom stereocenters. The number of anilines is 1. The largest absolute Gasteiger partial charge is 1.00 e. The molecule has 2 aromatic heterocycles. The molecule has 1 aliphatic rings. The molecule has 4 rings (SSSR count). The number of carbonyl (C=O) groups excluding carboxylic acids is 1. The Morgan fingerprint density at radius 3 is 2.66 bits per heavy atom. The molecule has 0 saturated carbocycles. The third-order valence-corrected chi connectivity index (χ3v) is 8.15. The third kappa shape index (κ3) is 4.46. The number of carbonyl (C=O) groups is 1. The van der Waals surface area contributed by atoms with Crippen molar-refractivity contribution in [2.45, 2.75) is 36.1 Å². The van der Waals surface area contributed by atoms with Gasteiger partial charge in [-0.3, -0.25) is 0 Å². The minimum atomic E-state index is -3.85. The van der Waals surface area contributed by atoms with Crippen LogP contribution in [0, 0.1) is 6.92 Å². The van der Waals surface area contributed by atoms with Gasteiger partial charge in [-0.15, -0.1) is 0 Å². The number of benzene rings is 1. The van der Waals surface area contributed by atoms with Crippen LogP contribution >= 0.6 is 11.6 Å². The van der Waals surface area contributed by atoms with Crippen molar-refractivity contribution in [3.63, 3.8) is 0 Å². The summed E-state index contributed by atoms with van der Waals surface area (Å²) in [6.07, 6.45) is 3.26. The number of carboxylic acid groups (broad SMARTS) is 1. The van der Waals surface area contributed by atoms with Crippen LogP contribution in [-0.2, 0) is 28.2 Å². The van der Waals surface area contributed by atoms with Gasteiger partial charge in [0.15, 0.2) is 9.84 Å². The number of aromatic nitrogens is 4. The van der Waals surface area contributed by atoms with Gasteiger partial charge in [0.2, 0.25) is 0 Å². The molecule has 0 N–H and O–H groups in total. The number of rotatable bonds is 6. The Balaban J connectivity index is 0.00000289. The molecule has 0 aliphatic carbocycles. The van der Waals surface area contributed by atoms with E-state index in [9.17, 15) is 18.3 Å². The Kier molecular flexibility index (Phi) is 7.10. The first kappa shape index (κ1) is 24.4. The van der Waals surface area contributed by atoms with E-state index in [1.165, 1.54) is 12.1 Å². The number of aliphatic carboxylic acids is 1. The molecular weight excluding hydrogens is 449 g/mol. The molecule has 0 spiro atoms. The average molecular weight is 470 g/mol. The van der Waals surface area contributed by atoms with Crippen molar-refractivity contribution in [3.05, 3.63) is 59.3 Å². The van der Waals surface area contributed by atoms with Crippen molar-refractivity contribution in [1.29, 1.82) is 0 Å². The quantitative estimate of drug-likeness (QED) is 0.376. The molecular formula is C20H21ClLiN5O4S. The summed E-state index contributed by atoms with van der Waals surface area (Å²) in [5.41, 5.74) is 1.56. The molecule has 1 saturated heterocycles. The van der Waals surface area contributed by atoms with Crippen LogP contribution in [0.25, 0.3) is 0 Å². The summed E-state index contributed by atoms with van der Waals surface area (Å²) in [4.78, 5) is 17.6. The van der Waals surface area contributed by atoms with E-state index in [0.717, 1.165) is 5.69 Å². The average Bonchev–Trinajstić information content (AvgIpc) is 3.41. The van der Waals surface area contributed by atoms with Gasteiger partial charge in [-0.2, -0.15) is 5.10 Å². The molecule has 164 valence electrons. The molecule has 1 aliphatic heterocycles. The molecule has 0 amide bonds. The molecule has 0 bridgehead atoms. The predicted octanol–water partition coefficient (Wildman–Crippen LogP) is -2.20. The Labute approximate surface area is 203 Å². The predicted molar refractivity (Wildman–Crippen MR) is 112 cm³/mol. The Hall–Kier alpha value is -2.25. The van der Waals surface area contributed by atoms with Gasteiger partial charge in [-0.25, -0.2) is 18.1 Å². The van der Waals surface area contributed by atoms with Crippen LogP contribution in [0.15, 0.2) is 47.8 Å². The van der Waals surface area contributed by atoms with Crippen LogP contribution in [0.1, 0.15) is 17.8 Å². The molecule has 32 heavy (non-hydrogen) atoms. The summed E-state index contributed by atoms with van der Waals surface area (Å²) in [5, 5.41) is 15.6. The first-order valence-electron chi connectivity index (χ1n) is 9.64. The first-order valence-corrected chi connectivity index (χ1v) is 11.6. The fourth-order valence-corrected chi connectivity index (χ4v) is 6.14. The maximum Gasteiger partial charge on any atom is 1.00 e. The van der Waals surface area contributed by atoms with Gasteiger partial charge in [0.25, 0.3) is 0 Å². The van der Waals surface area contributed by atoms with Gasteiger partial charge in [-0.1, -0.05) is 23.7 Å². The Morgan fingerprint density at radius 2 is 2.03 bits per heavy atom. The zero-order valence-electron chi connectivity index (χ0n) is 18.0. The maximum atomic E-state index is 13.2. The van der Waals surface area contributed by atoms with E-state index in [1.807, 2.05) is 11.6 Å². The summed E-state index contributed by atoms with van der Waals surface area (Å²) in [7, 11) is -2.00. The van der Waals surface area contributed by atoms with Crippen molar-refractivity contribution in [2.75, 3.05) is 11.4 Å². The van der Waals surface area contributed by atoms with Crippen LogP contribution in [-0.4, -0.2) is 51.6 Å². The number of carboxylic acids is 1. The minimum absolute atomic E-state index is 0. The van der Waals surface area contributed by atoms with Crippen molar-refractivity contribution in [1.82, 2.24) is 19.3 Å². The Morgan fingerprint density at radius 1 is 1.31 bits per heavy atom. The van der Waals surface area contributed by atoms with E-state index in [4.69, 9.17) is 11.6 Å². The number of hydrogen-bond acceptors (Lipinski definition) is 7. The zero-order chi connectivity index (χ0) is 22.3.